The van der Waals surface area contributed by atoms with Crippen LogP contribution in [-0.4, -0.2) is 46.4 Å². The van der Waals surface area contributed by atoms with E-state index in [-0.39, 0.29) is 28.9 Å². The Morgan fingerprint density at radius 1 is 1.02 bits per heavy atom. The number of carbonyl (C=O) groups excluding carboxylic acids is 1. The van der Waals surface area contributed by atoms with Crippen LogP contribution >= 0.6 is 0 Å². The van der Waals surface area contributed by atoms with Crippen molar-refractivity contribution in [1.82, 2.24) is 4.90 Å². The summed E-state index contributed by atoms with van der Waals surface area (Å²) in [4.78, 5) is 15.6. The molecule has 0 saturated heterocycles. The van der Waals surface area contributed by atoms with Gasteiger partial charge in [-0.2, -0.15) is 0 Å². The summed E-state index contributed by atoms with van der Waals surface area (Å²) in [6, 6.07) is 23.0. The number of benzene rings is 3. The zero-order valence-electron chi connectivity index (χ0n) is 26.7. The molecule has 3 aromatic rings. The molecule has 6 heteroatoms. The zero-order valence-corrected chi connectivity index (χ0v) is 26.7. The van der Waals surface area contributed by atoms with Crippen molar-refractivity contribution >= 4 is 5.91 Å². The number of fused-ring (bicyclic) bond motifs is 5. The van der Waals surface area contributed by atoms with Crippen molar-refractivity contribution in [3.63, 3.8) is 0 Å². The smallest absolute Gasteiger partial charge is 0.254 e. The van der Waals surface area contributed by atoms with Gasteiger partial charge in [-0.05, 0) is 122 Å². The lowest BCUT2D eigenvalue weighted by Crippen LogP contribution is -2.51. The standard InChI is InChI=1S/C39H48FNO4/c1-3-45-31-16-13-27(14-17-31)38(44)41(25-26-10-6-4-7-11-26)21-9-5-8-12-28-22-29-23-30(42)15-18-32(29)37-34(40)24-39(2)33(36(28)37)19-20-35(39)43/h4,6-7,10-11,13-18,23,28,33-37,42-43H,3,5,8-9,12,19-22,24-25H2,1-2H3/t28-,33+,34+,35+,36+,37+,39+/m1/s1. The summed E-state index contributed by atoms with van der Waals surface area (Å²) in [5, 5.41) is 21.2. The summed E-state index contributed by atoms with van der Waals surface area (Å²) in [7, 11) is 0. The lowest BCUT2D eigenvalue weighted by molar-refractivity contribution is -0.0722. The van der Waals surface area contributed by atoms with Gasteiger partial charge in [0.25, 0.3) is 5.91 Å². The van der Waals surface area contributed by atoms with Gasteiger partial charge in [0.15, 0.2) is 0 Å². The zero-order chi connectivity index (χ0) is 31.6. The van der Waals surface area contributed by atoms with Crippen molar-refractivity contribution in [3.05, 3.63) is 95.1 Å². The summed E-state index contributed by atoms with van der Waals surface area (Å²) in [5.41, 5.74) is 3.54. The van der Waals surface area contributed by atoms with Crippen molar-refractivity contribution < 1.29 is 24.1 Å². The second kappa shape index (κ2) is 13.5. The highest BCUT2D eigenvalue weighted by Gasteiger charge is 2.59. The maximum absolute atomic E-state index is 16.1. The van der Waals surface area contributed by atoms with Crippen LogP contribution in [0.3, 0.4) is 0 Å². The van der Waals surface area contributed by atoms with Crippen molar-refractivity contribution in [2.45, 2.75) is 90.0 Å². The molecule has 0 aromatic heterocycles. The lowest BCUT2D eigenvalue weighted by atomic mass is 9.51. The molecule has 7 atom stereocenters. The molecule has 6 rings (SSSR count). The topological polar surface area (TPSA) is 70.0 Å². The maximum atomic E-state index is 16.1. The molecule has 3 aliphatic carbocycles. The molecule has 0 unspecified atom stereocenters. The van der Waals surface area contributed by atoms with Crippen LogP contribution < -0.4 is 4.74 Å². The van der Waals surface area contributed by atoms with Gasteiger partial charge in [-0.1, -0.05) is 56.2 Å². The lowest BCUT2D eigenvalue weighted by Gasteiger charge is -2.54. The first-order valence-corrected chi connectivity index (χ1v) is 17.0. The van der Waals surface area contributed by atoms with Crippen molar-refractivity contribution in [2.75, 3.05) is 13.2 Å². The number of aromatic hydroxyl groups is 1. The Bertz CT molecular complexity index is 1450. The monoisotopic (exact) mass is 613 g/mol. The van der Waals surface area contributed by atoms with Gasteiger partial charge in [0.1, 0.15) is 17.7 Å². The van der Waals surface area contributed by atoms with E-state index in [0.717, 1.165) is 67.4 Å². The fraction of sp³-hybridized carbons (Fsp3) is 0.513. The molecule has 0 spiro atoms. The van der Waals surface area contributed by atoms with Gasteiger partial charge >= 0.3 is 0 Å². The first-order valence-electron chi connectivity index (χ1n) is 17.0. The minimum Gasteiger partial charge on any atom is -0.508 e. The highest BCUT2D eigenvalue weighted by atomic mass is 19.1. The number of amides is 1. The van der Waals surface area contributed by atoms with E-state index >= 15 is 4.39 Å². The van der Waals surface area contributed by atoms with Crippen LogP contribution in [0.15, 0.2) is 72.8 Å². The number of halogens is 1. The van der Waals surface area contributed by atoms with Crippen molar-refractivity contribution in [2.24, 2.45) is 23.2 Å². The quantitative estimate of drug-likeness (QED) is 0.215. The second-order valence-electron chi connectivity index (χ2n) is 13.9. The van der Waals surface area contributed by atoms with Gasteiger partial charge in [0.05, 0.1) is 12.7 Å². The Balaban J connectivity index is 1.13. The Kier molecular flexibility index (Phi) is 9.51. The number of carbonyl (C=O) groups is 1. The normalized spacial score (nSPS) is 28.5. The van der Waals surface area contributed by atoms with Crippen molar-refractivity contribution in [1.29, 1.82) is 0 Å². The number of alkyl halides is 1. The highest BCUT2D eigenvalue weighted by Crippen LogP contribution is 2.63. The predicted octanol–water partition coefficient (Wildman–Crippen LogP) is 8.09. The molecule has 0 bridgehead atoms. The molecule has 1 amide bonds. The van der Waals surface area contributed by atoms with E-state index in [4.69, 9.17) is 4.74 Å². The first kappa shape index (κ1) is 31.6. The molecule has 0 radical (unpaired) electrons. The van der Waals surface area contributed by atoms with Crippen LogP contribution in [0.5, 0.6) is 11.5 Å². The molecule has 0 heterocycles. The first-order chi connectivity index (χ1) is 21.8. The molecule has 2 N–H and O–H groups in total. The SMILES string of the molecule is CCOc1ccc(C(=O)N(CCCCC[C@@H]2Cc3cc(O)ccc3[C@@H]3[C@@H]2[C@@H]2CC[C@H](O)[C@@]2(C)C[C@@H]3F)Cc2ccccc2)cc1. The average molecular weight is 614 g/mol. The molecule has 240 valence electrons. The van der Waals surface area contributed by atoms with E-state index < -0.39 is 12.3 Å². The number of hydrogen-bond donors (Lipinski definition) is 2. The Labute approximate surface area is 267 Å². The molecule has 3 aliphatic rings. The molecule has 0 aliphatic heterocycles. The number of aliphatic hydroxyl groups is 1. The van der Waals surface area contributed by atoms with Crippen LogP contribution in [0, 0.1) is 23.2 Å². The van der Waals surface area contributed by atoms with Gasteiger partial charge in [0, 0.05) is 24.6 Å². The summed E-state index contributed by atoms with van der Waals surface area (Å²) in [5.74, 6) is 1.67. The van der Waals surface area contributed by atoms with Crippen LogP contribution in [0.1, 0.15) is 91.8 Å². The van der Waals surface area contributed by atoms with Crippen LogP contribution in [0.25, 0.3) is 0 Å². The number of rotatable bonds is 11. The summed E-state index contributed by atoms with van der Waals surface area (Å²) >= 11 is 0. The third-order valence-corrected chi connectivity index (χ3v) is 11.2. The van der Waals surface area contributed by atoms with E-state index in [9.17, 15) is 15.0 Å². The number of phenols is 1. The van der Waals surface area contributed by atoms with Gasteiger partial charge in [-0.25, -0.2) is 4.39 Å². The van der Waals surface area contributed by atoms with Gasteiger partial charge < -0.3 is 19.8 Å². The molecular weight excluding hydrogens is 565 g/mol. The van der Waals surface area contributed by atoms with E-state index in [2.05, 4.69) is 19.1 Å². The van der Waals surface area contributed by atoms with E-state index in [1.54, 1.807) is 6.07 Å². The number of nitrogens with zero attached hydrogens (tertiary/aromatic N) is 1. The Hall–Kier alpha value is -3.38. The summed E-state index contributed by atoms with van der Waals surface area (Å²) in [6.45, 7) is 5.86. The average Bonchev–Trinajstić information content (AvgIpc) is 3.33. The van der Waals surface area contributed by atoms with Crippen LogP contribution in [-0.2, 0) is 13.0 Å². The molecule has 45 heavy (non-hydrogen) atoms. The number of phenolic OH excluding ortho intramolecular Hbond substituents is 1. The third kappa shape index (κ3) is 6.49. The molecule has 3 aromatic carbocycles. The minimum atomic E-state index is -0.991. The summed E-state index contributed by atoms with van der Waals surface area (Å²) in [6.07, 6.45) is 5.39. The van der Waals surface area contributed by atoms with Gasteiger partial charge in [0.2, 0.25) is 0 Å². The highest BCUT2D eigenvalue weighted by molar-refractivity contribution is 5.94. The molecular formula is C39H48FNO4. The summed E-state index contributed by atoms with van der Waals surface area (Å²) < 4.78 is 21.7. The van der Waals surface area contributed by atoms with Crippen LogP contribution in [0.4, 0.5) is 4.39 Å². The van der Waals surface area contributed by atoms with Gasteiger partial charge in [-0.15, -0.1) is 0 Å². The number of aliphatic hydroxyl groups excluding tert-OH is 1. The molecule has 5 nitrogen and oxygen atoms in total. The van der Waals surface area contributed by atoms with E-state index in [0.29, 0.717) is 43.5 Å². The van der Waals surface area contributed by atoms with Crippen molar-refractivity contribution in [3.8, 4) is 11.5 Å². The Morgan fingerprint density at radius 2 is 1.80 bits per heavy atom. The van der Waals surface area contributed by atoms with Gasteiger partial charge in [-0.3, -0.25) is 4.79 Å². The largest absolute Gasteiger partial charge is 0.508 e. The predicted molar refractivity (Wildman–Crippen MR) is 175 cm³/mol. The van der Waals surface area contributed by atoms with E-state index in [1.807, 2.05) is 66.4 Å². The molecule has 2 saturated carbocycles. The number of unbranched alkanes of at least 4 members (excludes halogenated alkanes) is 2. The third-order valence-electron chi connectivity index (χ3n) is 11.2. The Morgan fingerprint density at radius 3 is 2.56 bits per heavy atom. The second-order valence-corrected chi connectivity index (χ2v) is 13.9. The maximum Gasteiger partial charge on any atom is 0.254 e. The number of ether oxygens (including phenoxy) is 1. The number of hydrogen-bond acceptors (Lipinski definition) is 4. The molecule has 2 fully saturated rings. The fourth-order valence-electron chi connectivity index (χ4n) is 9.02. The van der Waals surface area contributed by atoms with Crippen LogP contribution in [0.2, 0.25) is 0 Å². The fourth-order valence-corrected chi connectivity index (χ4v) is 9.02. The minimum absolute atomic E-state index is 0.0173. The van der Waals surface area contributed by atoms with E-state index in [1.165, 1.54) is 0 Å².